The number of aliphatic hydroxyl groups excluding tert-OH is 1. The third kappa shape index (κ3) is 3.80. The zero-order valence-corrected chi connectivity index (χ0v) is 16.7. The molecule has 148 valence electrons. The molecular weight excluding hydrogens is 386 g/mol. The lowest BCUT2D eigenvalue weighted by atomic mass is 9.99. The van der Waals surface area contributed by atoms with Crippen molar-refractivity contribution in [2.24, 2.45) is 0 Å². The van der Waals surface area contributed by atoms with Gasteiger partial charge in [-0.3, -0.25) is 0 Å². The molecule has 0 radical (unpaired) electrons. The van der Waals surface area contributed by atoms with E-state index in [1.54, 1.807) is 12.1 Å². The van der Waals surface area contributed by atoms with Gasteiger partial charge in [0.2, 0.25) is 10.0 Å². The van der Waals surface area contributed by atoms with Gasteiger partial charge in [-0.25, -0.2) is 18.1 Å². The summed E-state index contributed by atoms with van der Waals surface area (Å²) in [4.78, 5) is 8.16. The number of benzene rings is 3. The monoisotopic (exact) mass is 407 g/mol. The summed E-state index contributed by atoms with van der Waals surface area (Å²) in [7, 11) is -3.69. The summed E-state index contributed by atoms with van der Waals surface area (Å²) in [5, 5.41) is 8.88. The van der Waals surface area contributed by atoms with Gasteiger partial charge in [-0.05, 0) is 41.8 Å². The lowest BCUT2D eigenvalue weighted by molar-refractivity contribution is 0.301. The molecule has 0 aliphatic carbocycles. The Labute approximate surface area is 169 Å². The minimum atomic E-state index is -3.69. The van der Waals surface area contributed by atoms with Gasteiger partial charge < -0.3 is 10.1 Å². The van der Waals surface area contributed by atoms with Gasteiger partial charge in [0.05, 0.1) is 22.5 Å². The van der Waals surface area contributed by atoms with Gasteiger partial charge in [-0.15, -0.1) is 0 Å². The molecule has 0 atom stereocenters. The van der Waals surface area contributed by atoms with Gasteiger partial charge >= 0.3 is 0 Å². The van der Waals surface area contributed by atoms with Crippen molar-refractivity contribution >= 4 is 21.1 Å². The largest absolute Gasteiger partial charge is 0.395 e. The van der Waals surface area contributed by atoms with Crippen LogP contribution in [0.5, 0.6) is 0 Å². The molecule has 0 amide bonds. The van der Waals surface area contributed by atoms with E-state index in [9.17, 15) is 8.42 Å². The highest BCUT2D eigenvalue weighted by Crippen LogP contribution is 2.30. The van der Waals surface area contributed by atoms with Crippen molar-refractivity contribution in [3.63, 3.8) is 0 Å². The summed E-state index contributed by atoms with van der Waals surface area (Å²) in [5.41, 5.74) is 5.72. The highest BCUT2D eigenvalue weighted by atomic mass is 32.2. The normalized spacial score (nSPS) is 11.8. The van der Waals surface area contributed by atoms with E-state index in [0.29, 0.717) is 11.4 Å². The lowest BCUT2D eigenvalue weighted by Gasteiger charge is -2.06. The molecule has 0 bridgehead atoms. The zero-order chi connectivity index (χ0) is 20.4. The first-order chi connectivity index (χ1) is 14.0. The first-order valence-electron chi connectivity index (χ1n) is 9.25. The number of rotatable bonds is 6. The summed E-state index contributed by atoms with van der Waals surface area (Å²) in [5.74, 6) is 0.604. The number of nitrogens with zero attached hydrogens (tertiary/aromatic N) is 1. The number of aromatic nitrogens is 2. The number of aliphatic hydroxyl groups is 1. The van der Waals surface area contributed by atoms with Crippen LogP contribution in [0.2, 0.25) is 0 Å². The minimum Gasteiger partial charge on any atom is -0.395 e. The second-order valence-electron chi connectivity index (χ2n) is 6.73. The molecule has 3 N–H and O–H groups in total. The van der Waals surface area contributed by atoms with Crippen LogP contribution >= 0.6 is 0 Å². The van der Waals surface area contributed by atoms with Crippen LogP contribution in [0.25, 0.3) is 33.5 Å². The number of hydrogen-bond acceptors (Lipinski definition) is 4. The molecule has 0 fully saturated rings. The molecule has 0 aliphatic heterocycles. The maximum atomic E-state index is 12.3. The molecule has 0 aliphatic rings. The summed E-state index contributed by atoms with van der Waals surface area (Å²) in [6.07, 6.45) is 0. The van der Waals surface area contributed by atoms with E-state index in [4.69, 9.17) is 10.1 Å². The number of nitrogens with one attached hydrogen (secondary N) is 2. The van der Waals surface area contributed by atoms with Crippen LogP contribution in [0.4, 0.5) is 0 Å². The average molecular weight is 407 g/mol. The smallest absolute Gasteiger partial charge is 0.240 e. The number of aryl methyl sites for hydroxylation is 1. The van der Waals surface area contributed by atoms with Crippen LogP contribution in [0, 0.1) is 6.92 Å². The molecule has 7 heteroatoms. The molecule has 3 aromatic carbocycles. The van der Waals surface area contributed by atoms with E-state index in [-0.39, 0.29) is 18.0 Å². The SMILES string of the molecule is Cc1c(-c2ccccc2)ccc2[nH]c(-c3cccc(S(=O)(=O)NCCO)c3)nc12. The lowest BCUT2D eigenvalue weighted by Crippen LogP contribution is -2.26. The Morgan fingerprint density at radius 3 is 2.52 bits per heavy atom. The highest BCUT2D eigenvalue weighted by molar-refractivity contribution is 7.89. The Morgan fingerprint density at radius 1 is 1.00 bits per heavy atom. The van der Waals surface area contributed by atoms with Gasteiger partial charge in [0.1, 0.15) is 5.82 Å². The molecule has 0 spiro atoms. The summed E-state index contributed by atoms with van der Waals surface area (Å²) in [6.45, 7) is 1.75. The molecule has 6 nitrogen and oxygen atoms in total. The first kappa shape index (κ1) is 19.3. The summed E-state index contributed by atoms with van der Waals surface area (Å²) < 4.78 is 27.1. The Bertz CT molecular complexity index is 1270. The number of fused-ring (bicyclic) bond motifs is 1. The van der Waals surface area contributed by atoms with Crippen molar-refractivity contribution in [3.8, 4) is 22.5 Å². The number of imidazole rings is 1. The van der Waals surface area contributed by atoms with Crippen molar-refractivity contribution < 1.29 is 13.5 Å². The van der Waals surface area contributed by atoms with E-state index in [1.807, 2.05) is 37.3 Å². The van der Waals surface area contributed by atoms with Crippen molar-refractivity contribution in [2.45, 2.75) is 11.8 Å². The van der Waals surface area contributed by atoms with Crippen LogP contribution < -0.4 is 4.72 Å². The van der Waals surface area contributed by atoms with Crippen LogP contribution in [-0.4, -0.2) is 36.6 Å². The number of aromatic amines is 1. The molecule has 0 saturated carbocycles. The van der Waals surface area contributed by atoms with Crippen molar-refractivity contribution in [1.82, 2.24) is 14.7 Å². The van der Waals surface area contributed by atoms with Crippen LogP contribution in [0.1, 0.15) is 5.56 Å². The fourth-order valence-electron chi connectivity index (χ4n) is 3.35. The van der Waals surface area contributed by atoms with Crippen LogP contribution in [-0.2, 0) is 10.0 Å². The minimum absolute atomic E-state index is 0.0291. The number of sulfonamides is 1. The third-order valence-corrected chi connectivity index (χ3v) is 6.27. The van der Waals surface area contributed by atoms with E-state index in [0.717, 1.165) is 27.7 Å². The molecule has 4 rings (SSSR count). The quantitative estimate of drug-likeness (QED) is 0.456. The van der Waals surface area contributed by atoms with Gasteiger partial charge in [-0.1, -0.05) is 48.5 Å². The number of H-pyrrole nitrogens is 1. The molecule has 0 unspecified atom stereocenters. The second-order valence-corrected chi connectivity index (χ2v) is 8.50. The zero-order valence-electron chi connectivity index (χ0n) is 15.9. The molecular formula is C22H21N3O3S. The highest BCUT2D eigenvalue weighted by Gasteiger charge is 2.16. The van der Waals surface area contributed by atoms with Gasteiger partial charge in [0.25, 0.3) is 0 Å². The van der Waals surface area contributed by atoms with Gasteiger partial charge in [-0.2, -0.15) is 0 Å². The standard InChI is InChI=1S/C22H21N3O3S/c1-15-19(16-6-3-2-4-7-16)10-11-20-21(15)25-22(24-20)17-8-5-9-18(14-17)29(27,28)23-12-13-26/h2-11,14,23,26H,12-13H2,1H3,(H,24,25). The van der Waals surface area contributed by atoms with Gasteiger partial charge in [0.15, 0.2) is 0 Å². The van der Waals surface area contributed by atoms with Crippen molar-refractivity contribution in [3.05, 3.63) is 72.3 Å². The van der Waals surface area contributed by atoms with E-state index in [1.165, 1.54) is 6.07 Å². The average Bonchev–Trinajstić information content (AvgIpc) is 3.19. The predicted octanol–water partition coefficient (Wildman–Crippen LogP) is 3.48. The number of hydrogen-bond donors (Lipinski definition) is 3. The Morgan fingerprint density at radius 2 is 1.76 bits per heavy atom. The Hall–Kier alpha value is -3.00. The first-order valence-corrected chi connectivity index (χ1v) is 10.7. The molecule has 29 heavy (non-hydrogen) atoms. The van der Waals surface area contributed by atoms with E-state index < -0.39 is 10.0 Å². The third-order valence-electron chi connectivity index (χ3n) is 4.81. The fourth-order valence-corrected chi connectivity index (χ4v) is 4.42. The maximum absolute atomic E-state index is 12.3. The van der Waals surface area contributed by atoms with E-state index >= 15 is 0 Å². The molecule has 0 saturated heterocycles. The molecule has 4 aromatic rings. The Kier molecular flexibility index (Phi) is 5.19. The van der Waals surface area contributed by atoms with Crippen molar-refractivity contribution in [2.75, 3.05) is 13.2 Å². The molecule has 1 aromatic heterocycles. The van der Waals surface area contributed by atoms with E-state index in [2.05, 4.69) is 27.9 Å². The van der Waals surface area contributed by atoms with Crippen LogP contribution in [0.15, 0.2) is 71.6 Å². The summed E-state index contributed by atoms with van der Waals surface area (Å²) in [6, 6.07) is 20.8. The Balaban J connectivity index is 1.76. The van der Waals surface area contributed by atoms with Crippen LogP contribution in [0.3, 0.4) is 0 Å². The van der Waals surface area contributed by atoms with Crippen molar-refractivity contribution in [1.29, 1.82) is 0 Å². The maximum Gasteiger partial charge on any atom is 0.240 e. The fraction of sp³-hybridized carbons (Fsp3) is 0.136. The molecule has 1 heterocycles. The second kappa shape index (κ2) is 7.79. The summed E-state index contributed by atoms with van der Waals surface area (Å²) >= 11 is 0. The topological polar surface area (TPSA) is 95.1 Å². The van der Waals surface area contributed by atoms with Gasteiger partial charge in [0, 0.05) is 12.1 Å². The predicted molar refractivity (Wildman–Crippen MR) is 114 cm³/mol.